The van der Waals surface area contributed by atoms with E-state index in [0.29, 0.717) is 37.9 Å². The van der Waals surface area contributed by atoms with Gasteiger partial charge in [0, 0.05) is 37.9 Å². The van der Waals surface area contributed by atoms with Gasteiger partial charge in [0.2, 0.25) is 5.91 Å². The van der Waals surface area contributed by atoms with Gasteiger partial charge in [0.1, 0.15) is 5.72 Å². The van der Waals surface area contributed by atoms with Crippen LogP contribution in [0.2, 0.25) is 0 Å². The number of carbonyl (C=O) groups is 3. The first kappa shape index (κ1) is 18.4. The molecule has 2 amide bonds. The van der Waals surface area contributed by atoms with Crippen LogP contribution in [0.15, 0.2) is 24.3 Å². The second-order valence-corrected chi connectivity index (χ2v) is 6.87. The van der Waals surface area contributed by atoms with Crippen LogP contribution in [0.4, 0.5) is 0 Å². The third kappa shape index (κ3) is 3.19. The Morgan fingerprint density at radius 2 is 1.81 bits per heavy atom. The first-order chi connectivity index (χ1) is 12.4. The van der Waals surface area contributed by atoms with Crippen molar-refractivity contribution in [2.75, 3.05) is 19.7 Å². The molecule has 0 N–H and O–H groups in total. The van der Waals surface area contributed by atoms with Crippen molar-refractivity contribution in [2.24, 2.45) is 0 Å². The van der Waals surface area contributed by atoms with Crippen LogP contribution >= 0.6 is 0 Å². The number of aryl methyl sites for hydroxylation is 1. The van der Waals surface area contributed by atoms with E-state index in [2.05, 4.69) is 0 Å². The minimum Gasteiger partial charge on any atom is -0.548 e. The summed E-state index contributed by atoms with van der Waals surface area (Å²) in [7, 11) is 0. The zero-order valence-electron chi connectivity index (χ0n) is 15.1. The highest BCUT2D eigenvalue weighted by Gasteiger charge is 2.52. The summed E-state index contributed by atoms with van der Waals surface area (Å²) in [4.78, 5) is 39.7. The van der Waals surface area contributed by atoms with E-state index >= 15 is 0 Å². The third-order valence-electron chi connectivity index (χ3n) is 5.25. The number of carboxylic acid groups (broad SMARTS) is 1. The number of hydrogen-bond acceptors (Lipinski definition) is 5. The number of carbonyl (C=O) groups excluding carboxylic acids is 3. The molecule has 0 saturated carbocycles. The molecule has 7 nitrogen and oxygen atoms in total. The average molecular weight is 359 g/mol. The van der Waals surface area contributed by atoms with Gasteiger partial charge in [-0.3, -0.25) is 14.5 Å². The summed E-state index contributed by atoms with van der Waals surface area (Å²) in [5, 5.41) is 11.6. The molecule has 0 aliphatic carbocycles. The fraction of sp³-hybridized carbons (Fsp3) is 0.526. The quantitative estimate of drug-likeness (QED) is 0.775. The summed E-state index contributed by atoms with van der Waals surface area (Å²) >= 11 is 0. The SMILES string of the molecule is CCC(=O)N1CCC2(CC1)OC[C@H](C(=O)[O-])N2C(=O)c1ccc(C)cc1. The van der Waals surface area contributed by atoms with Crippen molar-refractivity contribution >= 4 is 17.8 Å². The summed E-state index contributed by atoms with van der Waals surface area (Å²) in [5.41, 5.74) is 0.424. The maximum absolute atomic E-state index is 13.1. The van der Waals surface area contributed by atoms with E-state index in [-0.39, 0.29) is 18.4 Å². The smallest absolute Gasteiger partial charge is 0.256 e. The lowest BCUT2D eigenvalue weighted by atomic mass is 9.96. The molecule has 0 aromatic heterocycles. The summed E-state index contributed by atoms with van der Waals surface area (Å²) in [6.45, 7) is 4.49. The molecule has 2 aliphatic rings. The Morgan fingerprint density at radius 1 is 1.19 bits per heavy atom. The normalized spacial score (nSPS) is 21.8. The number of piperidine rings is 1. The Morgan fingerprint density at radius 3 is 2.35 bits per heavy atom. The van der Waals surface area contributed by atoms with Crippen LogP contribution in [0, 0.1) is 6.92 Å². The van der Waals surface area contributed by atoms with Crippen molar-refractivity contribution in [2.45, 2.75) is 44.9 Å². The highest BCUT2D eigenvalue weighted by molar-refractivity contribution is 5.97. The van der Waals surface area contributed by atoms with Gasteiger partial charge in [-0.15, -0.1) is 0 Å². The van der Waals surface area contributed by atoms with Crippen molar-refractivity contribution in [1.29, 1.82) is 0 Å². The van der Waals surface area contributed by atoms with Crippen molar-refractivity contribution in [1.82, 2.24) is 9.80 Å². The number of benzene rings is 1. The topological polar surface area (TPSA) is 90.0 Å². The van der Waals surface area contributed by atoms with Crippen LogP contribution in [0.25, 0.3) is 0 Å². The molecule has 7 heteroatoms. The van der Waals surface area contributed by atoms with Crippen molar-refractivity contribution in [3.8, 4) is 0 Å². The van der Waals surface area contributed by atoms with Gasteiger partial charge in [-0.2, -0.15) is 0 Å². The lowest BCUT2D eigenvalue weighted by molar-refractivity contribution is -0.310. The Kier molecular flexibility index (Phi) is 5.00. The maximum Gasteiger partial charge on any atom is 0.256 e. The van der Waals surface area contributed by atoms with Crippen molar-refractivity contribution in [3.63, 3.8) is 0 Å². The molecule has 2 saturated heterocycles. The van der Waals surface area contributed by atoms with E-state index in [4.69, 9.17) is 4.74 Å². The minimum atomic E-state index is -1.32. The van der Waals surface area contributed by atoms with Crippen LogP contribution < -0.4 is 5.11 Å². The Labute approximate surface area is 152 Å². The third-order valence-corrected chi connectivity index (χ3v) is 5.25. The molecule has 1 spiro atoms. The molecule has 3 rings (SSSR count). The number of ether oxygens (including phenoxy) is 1. The maximum atomic E-state index is 13.1. The molecule has 1 aromatic rings. The van der Waals surface area contributed by atoms with Gasteiger partial charge < -0.3 is 19.5 Å². The number of aliphatic carboxylic acids is 1. The largest absolute Gasteiger partial charge is 0.548 e. The predicted octanol–water partition coefficient (Wildman–Crippen LogP) is 0.315. The molecule has 26 heavy (non-hydrogen) atoms. The first-order valence-corrected chi connectivity index (χ1v) is 8.91. The summed E-state index contributed by atoms with van der Waals surface area (Å²) in [6, 6.07) is 5.87. The van der Waals surface area contributed by atoms with Crippen LogP contribution in [0.5, 0.6) is 0 Å². The van der Waals surface area contributed by atoms with Gasteiger partial charge in [-0.05, 0) is 19.1 Å². The number of nitrogens with zero attached hydrogens (tertiary/aromatic N) is 2. The average Bonchev–Trinajstić information content (AvgIpc) is 3.00. The fourth-order valence-electron chi connectivity index (χ4n) is 3.71. The molecule has 2 aliphatic heterocycles. The zero-order chi connectivity index (χ0) is 18.9. The predicted molar refractivity (Wildman–Crippen MR) is 90.9 cm³/mol. The number of amides is 2. The number of likely N-dealkylation sites (tertiary alicyclic amines) is 1. The Hall–Kier alpha value is -2.41. The molecule has 140 valence electrons. The molecular formula is C19H23N2O5-. The van der Waals surface area contributed by atoms with E-state index in [1.165, 1.54) is 4.90 Å². The summed E-state index contributed by atoms with van der Waals surface area (Å²) < 4.78 is 5.84. The minimum absolute atomic E-state index is 0.0470. The van der Waals surface area contributed by atoms with Crippen LogP contribution in [-0.2, 0) is 14.3 Å². The first-order valence-electron chi connectivity index (χ1n) is 8.91. The van der Waals surface area contributed by atoms with Gasteiger partial charge in [0.05, 0.1) is 18.6 Å². The highest BCUT2D eigenvalue weighted by atomic mass is 16.5. The second-order valence-electron chi connectivity index (χ2n) is 6.87. The molecule has 1 aromatic carbocycles. The monoisotopic (exact) mass is 359 g/mol. The van der Waals surface area contributed by atoms with Crippen molar-refractivity contribution < 1.29 is 24.2 Å². The van der Waals surface area contributed by atoms with Gasteiger partial charge in [0.15, 0.2) is 0 Å². The second kappa shape index (κ2) is 7.07. The van der Waals surface area contributed by atoms with E-state index < -0.39 is 17.7 Å². The molecule has 2 heterocycles. The molecule has 2 fully saturated rings. The standard InChI is InChI=1S/C19H24N2O5/c1-3-16(22)20-10-8-19(9-11-20)21(15(12-26-19)18(24)25)17(23)14-6-4-13(2)5-7-14/h4-7,15H,3,8-12H2,1-2H3,(H,24,25)/p-1/t15-/m1/s1. The van der Waals surface area contributed by atoms with E-state index in [0.717, 1.165) is 5.56 Å². The Balaban J connectivity index is 1.87. The van der Waals surface area contributed by atoms with Crippen LogP contribution in [0.1, 0.15) is 42.1 Å². The summed E-state index contributed by atoms with van der Waals surface area (Å²) in [6.07, 6.45) is 1.20. The molecular weight excluding hydrogens is 336 g/mol. The van der Waals surface area contributed by atoms with E-state index in [1.807, 2.05) is 19.1 Å². The molecule has 0 bridgehead atoms. The van der Waals surface area contributed by atoms with Crippen LogP contribution in [0.3, 0.4) is 0 Å². The number of hydrogen-bond donors (Lipinski definition) is 0. The summed E-state index contributed by atoms with van der Waals surface area (Å²) in [5.74, 6) is -1.66. The lowest BCUT2D eigenvalue weighted by Gasteiger charge is -2.45. The van der Waals surface area contributed by atoms with Gasteiger partial charge in [-0.25, -0.2) is 0 Å². The van der Waals surface area contributed by atoms with Crippen LogP contribution in [-0.4, -0.2) is 59.0 Å². The van der Waals surface area contributed by atoms with E-state index in [1.54, 1.807) is 24.0 Å². The van der Waals surface area contributed by atoms with E-state index in [9.17, 15) is 19.5 Å². The number of carboxylic acids is 1. The zero-order valence-corrected chi connectivity index (χ0v) is 15.1. The number of rotatable bonds is 3. The molecule has 0 radical (unpaired) electrons. The lowest BCUT2D eigenvalue weighted by Crippen LogP contribution is -2.60. The molecule has 0 unspecified atom stereocenters. The highest BCUT2D eigenvalue weighted by Crippen LogP contribution is 2.38. The Bertz CT molecular complexity index is 707. The van der Waals surface area contributed by atoms with Gasteiger partial charge in [0.25, 0.3) is 5.91 Å². The van der Waals surface area contributed by atoms with Crippen molar-refractivity contribution in [3.05, 3.63) is 35.4 Å². The molecule has 1 atom stereocenters. The fourth-order valence-corrected chi connectivity index (χ4v) is 3.71. The van der Waals surface area contributed by atoms with Gasteiger partial charge >= 0.3 is 0 Å². The van der Waals surface area contributed by atoms with Gasteiger partial charge in [-0.1, -0.05) is 24.6 Å².